The van der Waals surface area contributed by atoms with E-state index in [0.717, 1.165) is 29.3 Å². The summed E-state index contributed by atoms with van der Waals surface area (Å²) in [7, 11) is 1.62. The normalized spacial score (nSPS) is 12.0. The molecule has 3 rings (SSSR count). The third-order valence-electron chi connectivity index (χ3n) is 3.97. The summed E-state index contributed by atoms with van der Waals surface area (Å²) in [5.41, 5.74) is 2.98. The number of nitrogens with one attached hydrogen (secondary N) is 3. The van der Waals surface area contributed by atoms with Crippen LogP contribution in [0.1, 0.15) is 41.4 Å². The lowest BCUT2D eigenvalue weighted by atomic mass is 10.1. The Bertz CT molecular complexity index is 850. The van der Waals surface area contributed by atoms with Crippen LogP contribution in [0.2, 0.25) is 0 Å². The highest BCUT2D eigenvalue weighted by Crippen LogP contribution is 2.21. The zero-order chi connectivity index (χ0) is 17.8. The number of H-pyrrole nitrogens is 2. The number of imidazole rings is 1. The summed E-state index contributed by atoms with van der Waals surface area (Å²) >= 11 is 0. The predicted octanol–water partition coefficient (Wildman–Crippen LogP) is 3.00. The molecule has 0 unspecified atom stereocenters. The van der Waals surface area contributed by atoms with Gasteiger partial charge in [0.2, 0.25) is 0 Å². The molecule has 1 aromatic carbocycles. The molecule has 7 heteroatoms. The summed E-state index contributed by atoms with van der Waals surface area (Å²) in [6.07, 6.45) is 2.49. The monoisotopic (exact) mass is 339 g/mol. The number of carbonyl (C=O) groups is 1. The van der Waals surface area contributed by atoms with Crippen LogP contribution >= 0.6 is 0 Å². The highest BCUT2D eigenvalue weighted by molar-refractivity contribution is 5.93. The van der Waals surface area contributed by atoms with E-state index in [9.17, 15) is 4.79 Å². The maximum absolute atomic E-state index is 12.5. The SMILES string of the molecule is CC[C@H](NC(=O)c1cc(-c2ccc(OC)cc2)n[nH]1)c1ncc(C)[nH]1. The van der Waals surface area contributed by atoms with Crippen molar-refractivity contribution in [1.29, 1.82) is 0 Å². The first-order chi connectivity index (χ1) is 12.1. The van der Waals surface area contributed by atoms with Crippen molar-refractivity contribution < 1.29 is 9.53 Å². The molecule has 0 aliphatic carbocycles. The Morgan fingerprint density at radius 3 is 2.68 bits per heavy atom. The fraction of sp³-hybridized carbons (Fsp3) is 0.278. The summed E-state index contributed by atoms with van der Waals surface area (Å²) in [5.74, 6) is 1.31. The first-order valence-electron chi connectivity index (χ1n) is 8.13. The van der Waals surface area contributed by atoms with Crippen molar-refractivity contribution in [3.05, 3.63) is 53.7 Å². The predicted molar refractivity (Wildman–Crippen MR) is 94.4 cm³/mol. The Labute approximate surface area is 145 Å². The molecule has 0 spiro atoms. The molecular formula is C18H21N5O2. The highest BCUT2D eigenvalue weighted by atomic mass is 16.5. The van der Waals surface area contributed by atoms with Crippen molar-refractivity contribution in [3.63, 3.8) is 0 Å². The van der Waals surface area contributed by atoms with Gasteiger partial charge in [0.05, 0.1) is 18.8 Å². The van der Waals surface area contributed by atoms with Crippen LogP contribution in [0.15, 0.2) is 36.5 Å². The molecule has 1 atom stereocenters. The van der Waals surface area contributed by atoms with Crippen LogP contribution in [0.25, 0.3) is 11.3 Å². The minimum atomic E-state index is -0.215. The number of carbonyl (C=O) groups excluding carboxylic acids is 1. The van der Waals surface area contributed by atoms with Gasteiger partial charge in [0.25, 0.3) is 5.91 Å². The molecule has 0 saturated carbocycles. The summed E-state index contributed by atoms with van der Waals surface area (Å²) < 4.78 is 5.15. The molecule has 2 aromatic heterocycles. The molecule has 0 aliphatic rings. The van der Waals surface area contributed by atoms with Crippen molar-refractivity contribution in [3.8, 4) is 17.0 Å². The summed E-state index contributed by atoms with van der Waals surface area (Å²) in [5, 5.41) is 9.99. The van der Waals surface area contributed by atoms with Crippen molar-refractivity contribution in [2.75, 3.05) is 7.11 Å². The largest absolute Gasteiger partial charge is 0.497 e. The number of hydrogen-bond donors (Lipinski definition) is 3. The number of methoxy groups -OCH3 is 1. The molecule has 1 amide bonds. The van der Waals surface area contributed by atoms with Gasteiger partial charge in [-0.05, 0) is 43.7 Å². The van der Waals surface area contributed by atoms with E-state index in [1.165, 1.54) is 0 Å². The molecule has 2 heterocycles. The zero-order valence-electron chi connectivity index (χ0n) is 14.5. The number of nitrogens with zero attached hydrogens (tertiary/aromatic N) is 2. The van der Waals surface area contributed by atoms with Crippen LogP contribution in [-0.2, 0) is 0 Å². The second-order valence-electron chi connectivity index (χ2n) is 5.78. The maximum atomic E-state index is 12.5. The lowest BCUT2D eigenvalue weighted by molar-refractivity contribution is 0.0928. The molecule has 25 heavy (non-hydrogen) atoms. The van der Waals surface area contributed by atoms with Crippen molar-refractivity contribution in [2.24, 2.45) is 0 Å². The molecule has 7 nitrogen and oxygen atoms in total. The number of aryl methyl sites for hydroxylation is 1. The summed E-state index contributed by atoms with van der Waals surface area (Å²) in [6.45, 7) is 3.93. The smallest absolute Gasteiger partial charge is 0.269 e. The van der Waals surface area contributed by atoms with Crippen LogP contribution in [0, 0.1) is 6.92 Å². The molecular weight excluding hydrogens is 318 g/mol. The minimum absolute atomic E-state index is 0.172. The van der Waals surface area contributed by atoms with E-state index in [4.69, 9.17) is 4.74 Å². The van der Waals surface area contributed by atoms with Crippen molar-refractivity contribution in [2.45, 2.75) is 26.3 Å². The van der Waals surface area contributed by atoms with Gasteiger partial charge >= 0.3 is 0 Å². The summed E-state index contributed by atoms with van der Waals surface area (Å²) in [6, 6.07) is 9.08. The third kappa shape index (κ3) is 3.71. The number of rotatable bonds is 6. The van der Waals surface area contributed by atoms with Gasteiger partial charge in [0.1, 0.15) is 17.3 Å². The van der Waals surface area contributed by atoms with Crippen LogP contribution < -0.4 is 10.1 Å². The van der Waals surface area contributed by atoms with E-state index >= 15 is 0 Å². The minimum Gasteiger partial charge on any atom is -0.497 e. The second-order valence-corrected chi connectivity index (χ2v) is 5.78. The van der Waals surface area contributed by atoms with Crippen molar-refractivity contribution in [1.82, 2.24) is 25.5 Å². The third-order valence-corrected chi connectivity index (χ3v) is 3.97. The van der Waals surface area contributed by atoms with Gasteiger partial charge in [-0.25, -0.2) is 4.98 Å². The lowest BCUT2D eigenvalue weighted by Gasteiger charge is -2.13. The van der Waals surface area contributed by atoms with Crippen molar-refractivity contribution >= 4 is 5.91 Å². The van der Waals surface area contributed by atoms with E-state index < -0.39 is 0 Å². The molecule has 0 bridgehead atoms. The van der Waals surface area contributed by atoms with E-state index in [-0.39, 0.29) is 11.9 Å². The van der Waals surface area contributed by atoms with Gasteiger partial charge in [-0.15, -0.1) is 0 Å². The van der Waals surface area contributed by atoms with E-state index in [2.05, 4.69) is 25.5 Å². The average molecular weight is 339 g/mol. The molecule has 0 radical (unpaired) electrons. The Morgan fingerprint density at radius 2 is 2.08 bits per heavy atom. The fourth-order valence-corrected chi connectivity index (χ4v) is 2.56. The fourth-order valence-electron chi connectivity index (χ4n) is 2.56. The first kappa shape index (κ1) is 16.8. The van der Waals surface area contributed by atoms with E-state index in [1.807, 2.05) is 38.1 Å². The number of amides is 1. The lowest BCUT2D eigenvalue weighted by Crippen LogP contribution is -2.29. The standard InChI is InChI=1S/C18H21N5O2/c1-4-14(17-19-10-11(2)20-17)21-18(24)16-9-15(22-23-16)12-5-7-13(25-3)8-6-12/h5-10,14H,4H2,1-3H3,(H,19,20)(H,21,24)(H,22,23)/t14-/m0/s1. The Morgan fingerprint density at radius 1 is 1.32 bits per heavy atom. The Balaban J connectivity index is 1.73. The zero-order valence-corrected chi connectivity index (χ0v) is 14.5. The molecule has 0 saturated heterocycles. The van der Waals surface area contributed by atoms with Crippen LogP contribution in [-0.4, -0.2) is 33.2 Å². The number of hydrogen-bond acceptors (Lipinski definition) is 4. The van der Waals surface area contributed by atoms with Crippen LogP contribution in [0.4, 0.5) is 0 Å². The quantitative estimate of drug-likeness (QED) is 0.643. The number of aromatic amines is 2. The summed E-state index contributed by atoms with van der Waals surface area (Å²) in [4.78, 5) is 20.0. The van der Waals surface area contributed by atoms with E-state index in [1.54, 1.807) is 19.4 Å². The second kappa shape index (κ2) is 7.21. The molecule has 0 fully saturated rings. The Hall–Kier alpha value is -3.09. The van der Waals surface area contributed by atoms with Crippen LogP contribution in [0.3, 0.4) is 0 Å². The van der Waals surface area contributed by atoms with E-state index in [0.29, 0.717) is 11.4 Å². The molecule has 3 aromatic rings. The Kier molecular flexibility index (Phi) is 4.83. The van der Waals surface area contributed by atoms with Gasteiger partial charge in [0.15, 0.2) is 0 Å². The topological polar surface area (TPSA) is 95.7 Å². The van der Waals surface area contributed by atoms with Gasteiger partial charge in [-0.1, -0.05) is 6.92 Å². The first-order valence-corrected chi connectivity index (χ1v) is 8.13. The number of benzene rings is 1. The molecule has 0 aliphatic heterocycles. The molecule has 130 valence electrons. The van der Waals surface area contributed by atoms with Gasteiger partial charge in [-0.3, -0.25) is 9.89 Å². The highest BCUT2D eigenvalue weighted by Gasteiger charge is 2.18. The van der Waals surface area contributed by atoms with Gasteiger partial charge in [0, 0.05) is 17.5 Å². The molecule has 3 N–H and O–H groups in total. The van der Waals surface area contributed by atoms with Crippen LogP contribution in [0.5, 0.6) is 5.75 Å². The average Bonchev–Trinajstić information content (AvgIpc) is 3.29. The number of ether oxygens (including phenoxy) is 1. The number of aromatic nitrogens is 4. The van der Waals surface area contributed by atoms with Gasteiger partial charge < -0.3 is 15.0 Å². The van der Waals surface area contributed by atoms with Gasteiger partial charge in [-0.2, -0.15) is 5.10 Å². The maximum Gasteiger partial charge on any atom is 0.269 e.